The lowest BCUT2D eigenvalue weighted by atomic mass is 10.1. The van der Waals surface area contributed by atoms with Crippen LogP contribution in [0, 0.1) is 5.92 Å². The molecule has 1 aliphatic rings. The molecular weight excluding hydrogens is 250 g/mol. The van der Waals surface area contributed by atoms with E-state index in [-0.39, 0.29) is 17.8 Å². The van der Waals surface area contributed by atoms with Crippen molar-refractivity contribution < 1.29 is 14.3 Å². The Morgan fingerprint density at radius 1 is 1.56 bits per heavy atom. The second-order valence-corrected chi connectivity index (χ2v) is 5.46. The van der Waals surface area contributed by atoms with E-state index in [0.29, 0.717) is 19.5 Å². The predicted molar refractivity (Wildman–Crippen MR) is 69.3 cm³/mol. The summed E-state index contributed by atoms with van der Waals surface area (Å²) in [6.07, 6.45) is 2.03. The Hall–Kier alpha value is -1.36. The fourth-order valence-electron chi connectivity index (χ4n) is 2.19. The average Bonchev–Trinajstić information content (AvgIpc) is 3.05. The van der Waals surface area contributed by atoms with Gasteiger partial charge in [0, 0.05) is 24.4 Å². The lowest BCUT2D eigenvalue weighted by molar-refractivity contribution is -0.145. The molecule has 0 N–H and O–H groups in total. The average molecular weight is 267 g/mol. The van der Waals surface area contributed by atoms with Crippen molar-refractivity contribution in [2.24, 2.45) is 5.92 Å². The Morgan fingerprint density at radius 3 is 3.06 bits per heavy atom. The Kier molecular flexibility index (Phi) is 4.36. The van der Waals surface area contributed by atoms with Gasteiger partial charge in [-0.2, -0.15) is 0 Å². The first-order valence-corrected chi connectivity index (χ1v) is 6.96. The molecule has 1 aliphatic heterocycles. The highest BCUT2D eigenvalue weighted by atomic mass is 32.1. The molecule has 1 saturated heterocycles. The van der Waals surface area contributed by atoms with E-state index in [1.54, 1.807) is 16.2 Å². The molecule has 4 nitrogen and oxygen atoms in total. The molecular formula is C13H17NO3S. The number of aryl methyl sites for hydroxylation is 1. The summed E-state index contributed by atoms with van der Waals surface area (Å²) >= 11 is 1.67. The maximum absolute atomic E-state index is 12.0. The number of hydrogen-bond donors (Lipinski definition) is 0. The minimum atomic E-state index is -0.205. The van der Waals surface area contributed by atoms with E-state index >= 15 is 0 Å². The summed E-state index contributed by atoms with van der Waals surface area (Å²) in [6.45, 7) is 1.18. The van der Waals surface area contributed by atoms with Crippen LogP contribution in [-0.2, 0) is 20.7 Å². The van der Waals surface area contributed by atoms with Crippen LogP contribution in [0.25, 0.3) is 0 Å². The van der Waals surface area contributed by atoms with E-state index in [2.05, 4.69) is 0 Å². The van der Waals surface area contributed by atoms with E-state index in [0.717, 1.165) is 12.8 Å². The lowest BCUT2D eigenvalue weighted by Gasteiger charge is -2.15. The van der Waals surface area contributed by atoms with Gasteiger partial charge in [0.2, 0.25) is 5.91 Å². The van der Waals surface area contributed by atoms with Gasteiger partial charge in [0.1, 0.15) is 0 Å². The fourth-order valence-corrected chi connectivity index (χ4v) is 2.90. The molecule has 1 fully saturated rings. The monoisotopic (exact) mass is 267 g/mol. The zero-order chi connectivity index (χ0) is 13.0. The number of ether oxygens (including phenoxy) is 1. The number of carbonyl (C=O) groups is 2. The molecule has 1 atom stereocenters. The fraction of sp³-hybridized carbons (Fsp3) is 0.538. The van der Waals surface area contributed by atoms with Crippen molar-refractivity contribution in [3.8, 4) is 0 Å². The van der Waals surface area contributed by atoms with Gasteiger partial charge in [0.05, 0.1) is 13.0 Å². The summed E-state index contributed by atoms with van der Waals surface area (Å²) in [5.41, 5.74) is 0. The molecule has 0 radical (unpaired) electrons. The highest BCUT2D eigenvalue weighted by Crippen LogP contribution is 2.19. The van der Waals surface area contributed by atoms with Crippen LogP contribution in [0.3, 0.4) is 0 Å². The number of amides is 1. The zero-order valence-electron chi connectivity index (χ0n) is 10.4. The third-order valence-corrected chi connectivity index (χ3v) is 4.18. The van der Waals surface area contributed by atoms with E-state index in [9.17, 15) is 9.59 Å². The number of rotatable bonds is 4. The first kappa shape index (κ1) is 13.1. The van der Waals surface area contributed by atoms with Crippen LogP contribution in [0.1, 0.15) is 17.7 Å². The molecule has 1 amide bonds. The van der Waals surface area contributed by atoms with Crippen molar-refractivity contribution in [1.29, 1.82) is 0 Å². The number of likely N-dealkylation sites (tertiary alicyclic amines) is 1. The van der Waals surface area contributed by atoms with E-state index < -0.39 is 0 Å². The summed E-state index contributed by atoms with van der Waals surface area (Å²) in [7, 11) is 1.39. The van der Waals surface area contributed by atoms with Crippen LogP contribution in [-0.4, -0.2) is 37.0 Å². The van der Waals surface area contributed by atoms with Crippen LogP contribution >= 0.6 is 11.3 Å². The van der Waals surface area contributed by atoms with Gasteiger partial charge in [-0.3, -0.25) is 9.59 Å². The Morgan fingerprint density at radius 2 is 2.39 bits per heavy atom. The molecule has 0 spiro atoms. The topological polar surface area (TPSA) is 46.6 Å². The van der Waals surface area contributed by atoms with Crippen LogP contribution in [0.4, 0.5) is 0 Å². The van der Waals surface area contributed by atoms with Crippen molar-refractivity contribution in [3.63, 3.8) is 0 Å². The van der Waals surface area contributed by atoms with Gasteiger partial charge in [-0.05, 0) is 24.3 Å². The highest BCUT2D eigenvalue weighted by Gasteiger charge is 2.31. The van der Waals surface area contributed by atoms with E-state index in [1.165, 1.54) is 12.0 Å². The minimum Gasteiger partial charge on any atom is -0.469 e. The quantitative estimate of drug-likeness (QED) is 0.780. The normalized spacial score (nSPS) is 18.9. The molecule has 0 bridgehead atoms. The summed E-state index contributed by atoms with van der Waals surface area (Å²) in [6, 6.07) is 4.03. The molecule has 0 aliphatic carbocycles. The summed E-state index contributed by atoms with van der Waals surface area (Å²) < 4.78 is 4.71. The Labute approximate surface area is 111 Å². The van der Waals surface area contributed by atoms with E-state index in [4.69, 9.17) is 4.74 Å². The third-order valence-electron chi connectivity index (χ3n) is 3.24. The number of esters is 1. The van der Waals surface area contributed by atoms with Crippen LogP contribution in [0.2, 0.25) is 0 Å². The molecule has 18 heavy (non-hydrogen) atoms. The van der Waals surface area contributed by atoms with Crippen molar-refractivity contribution in [3.05, 3.63) is 22.4 Å². The summed E-state index contributed by atoms with van der Waals surface area (Å²) in [5.74, 6) is -0.209. The molecule has 98 valence electrons. The molecule has 0 aromatic carbocycles. The maximum atomic E-state index is 12.0. The second-order valence-electron chi connectivity index (χ2n) is 4.43. The smallest absolute Gasteiger partial charge is 0.310 e. The van der Waals surface area contributed by atoms with Gasteiger partial charge in [0.15, 0.2) is 0 Å². The lowest BCUT2D eigenvalue weighted by Crippen LogP contribution is -2.30. The molecule has 0 saturated carbocycles. The minimum absolute atomic E-state index is 0.134. The van der Waals surface area contributed by atoms with Crippen LogP contribution < -0.4 is 0 Å². The highest BCUT2D eigenvalue weighted by molar-refractivity contribution is 7.09. The Balaban J connectivity index is 1.78. The number of nitrogens with zero attached hydrogens (tertiary/aromatic N) is 1. The predicted octanol–water partition coefficient (Wildman–Crippen LogP) is 1.70. The number of thiophene rings is 1. The molecule has 1 unspecified atom stereocenters. The van der Waals surface area contributed by atoms with Crippen molar-refractivity contribution in [2.45, 2.75) is 19.3 Å². The SMILES string of the molecule is COC(=O)C1CCN(C(=O)CCc2cccs2)C1. The molecule has 2 rings (SSSR count). The summed E-state index contributed by atoms with van der Waals surface area (Å²) in [4.78, 5) is 26.3. The van der Waals surface area contributed by atoms with Gasteiger partial charge in [0.25, 0.3) is 0 Å². The van der Waals surface area contributed by atoms with Crippen molar-refractivity contribution in [1.82, 2.24) is 4.90 Å². The second kappa shape index (κ2) is 6.00. The first-order valence-electron chi connectivity index (χ1n) is 6.08. The first-order chi connectivity index (χ1) is 8.70. The van der Waals surface area contributed by atoms with Gasteiger partial charge < -0.3 is 9.64 Å². The molecule has 1 aromatic rings. The van der Waals surface area contributed by atoms with Crippen LogP contribution in [0.15, 0.2) is 17.5 Å². The maximum Gasteiger partial charge on any atom is 0.310 e. The van der Waals surface area contributed by atoms with Crippen molar-refractivity contribution in [2.75, 3.05) is 20.2 Å². The van der Waals surface area contributed by atoms with E-state index in [1.807, 2.05) is 17.5 Å². The number of hydrogen-bond acceptors (Lipinski definition) is 4. The van der Waals surface area contributed by atoms with Crippen LogP contribution in [0.5, 0.6) is 0 Å². The van der Waals surface area contributed by atoms with Gasteiger partial charge in [-0.1, -0.05) is 6.07 Å². The largest absolute Gasteiger partial charge is 0.469 e. The Bertz CT molecular complexity index is 416. The third kappa shape index (κ3) is 3.10. The summed E-state index contributed by atoms with van der Waals surface area (Å²) in [5, 5.41) is 2.02. The van der Waals surface area contributed by atoms with Gasteiger partial charge >= 0.3 is 5.97 Å². The number of methoxy groups -OCH3 is 1. The van der Waals surface area contributed by atoms with Crippen molar-refractivity contribution >= 4 is 23.2 Å². The molecule has 1 aromatic heterocycles. The zero-order valence-corrected chi connectivity index (χ0v) is 11.2. The molecule has 2 heterocycles. The molecule has 5 heteroatoms. The number of carbonyl (C=O) groups excluding carboxylic acids is 2. The standard InChI is InChI=1S/C13H17NO3S/c1-17-13(16)10-6-7-14(9-10)12(15)5-4-11-3-2-8-18-11/h2-3,8,10H,4-7,9H2,1H3. The van der Waals surface area contributed by atoms with Gasteiger partial charge in [-0.25, -0.2) is 0 Å². The van der Waals surface area contributed by atoms with Gasteiger partial charge in [-0.15, -0.1) is 11.3 Å².